The Balaban J connectivity index is 2.10. The Labute approximate surface area is 136 Å². The Kier molecular flexibility index (Phi) is 6.09. The lowest BCUT2D eigenvalue weighted by atomic mass is 10.0. The van der Waals surface area contributed by atoms with Gasteiger partial charge >= 0.3 is 0 Å². The van der Waals surface area contributed by atoms with Gasteiger partial charge in [-0.15, -0.1) is 0 Å². The Hall–Kier alpha value is -2.43. The van der Waals surface area contributed by atoms with Crippen molar-refractivity contribution < 1.29 is 9.59 Å². The molecule has 23 heavy (non-hydrogen) atoms. The molecule has 0 bridgehead atoms. The maximum atomic E-state index is 12.5. The lowest BCUT2D eigenvalue weighted by Gasteiger charge is -2.16. The van der Waals surface area contributed by atoms with Gasteiger partial charge in [-0.05, 0) is 18.6 Å². The zero-order valence-electron chi connectivity index (χ0n) is 13.4. The molecular weight excluding hydrogens is 290 g/mol. The molecule has 0 aliphatic heterocycles. The minimum Gasteiger partial charge on any atom is -0.368 e. The first-order valence-corrected chi connectivity index (χ1v) is 8.07. The van der Waals surface area contributed by atoms with Crippen LogP contribution in [0.1, 0.15) is 49.4 Å². The molecule has 0 saturated heterocycles. The van der Waals surface area contributed by atoms with Crippen LogP contribution in [0.4, 0.5) is 0 Å². The number of pyridine rings is 1. The van der Waals surface area contributed by atoms with Crippen molar-refractivity contribution in [2.75, 3.05) is 0 Å². The van der Waals surface area contributed by atoms with Crippen LogP contribution in [-0.4, -0.2) is 22.8 Å². The van der Waals surface area contributed by atoms with Crippen molar-refractivity contribution in [3.8, 4) is 0 Å². The van der Waals surface area contributed by atoms with Crippen molar-refractivity contribution in [1.29, 1.82) is 0 Å². The summed E-state index contributed by atoms with van der Waals surface area (Å²) in [6.45, 7) is 2.13. The topological polar surface area (TPSA) is 85.1 Å². The third-order valence-corrected chi connectivity index (χ3v) is 3.89. The smallest absolute Gasteiger partial charge is 0.252 e. The normalized spacial score (nSPS) is 12.0. The number of fused-ring (bicyclic) bond motifs is 1. The highest BCUT2D eigenvalue weighted by atomic mass is 16.2. The number of unbranched alkanes of at least 4 members (excludes halogenated alkanes) is 3. The Bertz CT molecular complexity index is 680. The van der Waals surface area contributed by atoms with E-state index in [2.05, 4.69) is 17.2 Å². The van der Waals surface area contributed by atoms with Gasteiger partial charge in [0.05, 0.1) is 11.1 Å². The highest BCUT2D eigenvalue weighted by Crippen LogP contribution is 2.16. The second kappa shape index (κ2) is 8.27. The molecular formula is C18H23N3O2. The summed E-state index contributed by atoms with van der Waals surface area (Å²) in [6.07, 6.45) is 6.32. The quantitative estimate of drug-likeness (QED) is 0.735. The molecule has 2 amide bonds. The number of amides is 2. The van der Waals surface area contributed by atoms with E-state index in [9.17, 15) is 9.59 Å². The second-order valence-corrected chi connectivity index (χ2v) is 5.65. The predicted octanol–water partition coefficient (Wildman–Crippen LogP) is 2.79. The molecule has 0 saturated carbocycles. The number of para-hydroxylation sites is 1. The van der Waals surface area contributed by atoms with E-state index >= 15 is 0 Å². The largest absolute Gasteiger partial charge is 0.368 e. The van der Waals surface area contributed by atoms with Crippen molar-refractivity contribution >= 4 is 22.7 Å². The first-order chi connectivity index (χ1) is 11.1. The molecule has 0 spiro atoms. The molecule has 122 valence electrons. The number of aromatic nitrogens is 1. The number of carbonyl (C=O) groups excluding carboxylic acids is 2. The fourth-order valence-corrected chi connectivity index (χ4v) is 2.59. The molecule has 2 rings (SSSR count). The molecule has 0 aliphatic rings. The molecule has 5 heteroatoms. The average Bonchev–Trinajstić information content (AvgIpc) is 2.56. The number of benzene rings is 1. The summed E-state index contributed by atoms with van der Waals surface area (Å²) >= 11 is 0. The van der Waals surface area contributed by atoms with Crippen molar-refractivity contribution in [3.63, 3.8) is 0 Å². The molecule has 0 unspecified atom stereocenters. The molecule has 2 aromatic rings. The van der Waals surface area contributed by atoms with Gasteiger partial charge in [0.15, 0.2) is 0 Å². The highest BCUT2D eigenvalue weighted by molar-refractivity contribution is 6.07. The van der Waals surface area contributed by atoms with Gasteiger partial charge in [-0.25, -0.2) is 0 Å². The van der Waals surface area contributed by atoms with Crippen LogP contribution in [0.5, 0.6) is 0 Å². The van der Waals surface area contributed by atoms with Crippen LogP contribution in [0, 0.1) is 0 Å². The molecule has 0 radical (unpaired) electrons. The van der Waals surface area contributed by atoms with Gasteiger partial charge in [0, 0.05) is 11.6 Å². The molecule has 5 nitrogen and oxygen atoms in total. The van der Waals surface area contributed by atoms with Gasteiger partial charge in [-0.2, -0.15) is 0 Å². The minimum absolute atomic E-state index is 0.289. The Morgan fingerprint density at radius 3 is 2.70 bits per heavy atom. The van der Waals surface area contributed by atoms with Crippen LogP contribution in [0.15, 0.2) is 36.5 Å². The third-order valence-electron chi connectivity index (χ3n) is 3.89. The summed E-state index contributed by atoms with van der Waals surface area (Å²) in [4.78, 5) is 28.3. The summed E-state index contributed by atoms with van der Waals surface area (Å²) in [5.74, 6) is -0.781. The summed E-state index contributed by atoms with van der Waals surface area (Å²) in [5.41, 5.74) is 6.68. The lowest BCUT2D eigenvalue weighted by molar-refractivity contribution is -0.120. The van der Waals surface area contributed by atoms with Gasteiger partial charge in [0.25, 0.3) is 5.91 Å². The maximum absolute atomic E-state index is 12.5. The molecule has 1 aromatic heterocycles. The Morgan fingerprint density at radius 2 is 1.96 bits per heavy atom. The standard InChI is InChI=1S/C18H23N3O2/c1-2-3-4-5-10-16(17(19)22)21-18(23)14-11-12-20-15-9-7-6-8-13(14)15/h6-9,11-12,16H,2-5,10H2,1H3,(H2,19,22)(H,21,23)/t16-/m1/s1. The van der Waals surface area contributed by atoms with Crippen LogP contribution in [0.2, 0.25) is 0 Å². The number of nitrogens with zero attached hydrogens (tertiary/aromatic N) is 1. The molecule has 1 aromatic carbocycles. The van der Waals surface area contributed by atoms with E-state index in [-0.39, 0.29) is 5.91 Å². The van der Waals surface area contributed by atoms with E-state index in [1.165, 1.54) is 0 Å². The SMILES string of the molecule is CCCCCC[C@@H](NC(=O)c1ccnc2ccccc12)C(N)=O. The van der Waals surface area contributed by atoms with Gasteiger partial charge in [0.2, 0.25) is 5.91 Å². The number of carbonyl (C=O) groups is 2. The maximum Gasteiger partial charge on any atom is 0.252 e. The van der Waals surface area contributed by atoms with Crippen molar-refractivity contribution in [2.24, 2.45) is 5.73 Å². The lowest BCUT2D eigenvalue weighted by Crippen LogP contribution is -2.44. The van der Waals surface area contributed by atoms with E-state index in [4.69, 9.17) is 5.73 Å². The average molecular weight is 313 g/mol. The number of rotatable bonds is 8. The third kappa shape index (κ3) is 4.52. The molecule has 0 fully saturated rings. The summed E-state index contributed by atoms with van der Waals surface area (Å²) in [7, 11) is 0. The fourth-order valence-electron chi connectivity index (χ4n) is 2.59. The first-order valence-electron chi connectivity index (χ1n) is 8.07. The zero-order valence-corrected chi connectivity index (χ0v) is 13.4. The van der Waals surface area contributed by atoms with Gasteiger partial charge in [0.1, 0.15) is 6.04 Å². The predicted molar refractivity (Wildman–Crippen MR) is 91.0 cm³/mol. The number of nitrogens with one attached hydrogen (secondary N) is 1. The second-order valence-electron chi connectivity index (χ2n) is 5.65. The van der Waals surface area contributed by atoms with Crippen LogP contribution in [0.3, 0.4) is 0 Å². The number of primary amides is 1. The molecule has 3 N–H and O–H groups in total. The van der Waals surface area contributed by atoms with Crippen molar-refractivity contribution in [2.45, 2.75) is 45.1 Å². The molecule has 0 aliphatic carbocycles. The van der Waals surface area contributed by atoms with Crippen molar-refractivity contribution in [3.05, 3.63) is 42.1 Å². The summed E-state index contributed by atoms with van der Waals surface area (Å²) in [6, 6.07) is 8.45. The van der Waals surface area contributed by atoms with Crippen LogP contribution in [0.25, 0.3) is 10.9 Å². The number of hydrogen-bond donors (Lipinski definition) is 2. The van der Waals surface area contributed by atoms with Crippen LogP contribution in [-0.2, 0) is 4.79 Å². The van der Waals surface area contributed by atoms with E-state index in [1.54, 1.807) is 12.3 Å². The monoisotopic (exact) mass is 313 g/mol. The Morgan fingerprint density at radius 1 is 1.17 bits per heavy atom. The van der Waals surface area contributed by atoms with Gasteiger partial charge < -0.3 is 11.1 Å². The molecule has 1 atom stereocenters. The minimum atomic E-state index is -0.633. The van der Waals surface area contributed by atoms with Gasteiger partial charge in [-0.3, -0.25) is 14.6 Å². The summed E-state index contributed by atoms with van der Waals surface area (Å²) in [5, 5.41) is 3.53. The molecule has 1 heterocycles. The summed E-state index contributed by atoms with van der Waals surface area (Å²) < 4.78 is 0. The number of hydrogen-bond acceptors (Lipinski definition) is 3. The van der Waals surface area contributed by atoms with Crippen LogP contribution >= 0.6 is 0 Å². The highest BCUT2D eigenvalue weighted by Gasteiger charge is 2.19. The van der Waals surface area contributed by atoms with E-state index in [1.807, 2.05) is 24.3 Å². The zero-order chi connectivity index (χ0) is 16.7. The van der Waals surface area contributed by atoms with E-state index in [0.29, 0.717) is 12.0 Å². The van der Waals surface area contributed by atoms with E-state index in [0.717, 1.165) is 36.6 Å². The van der Waals surface area contributed by atoms with Crippen LogP contribution < -0.4 is 11.1 Å². The fraction of sp³-hybridized carbons (Fsp3) is 0.389. The van der Waals surface area contributed by atoms with Gasteiger partial charge in [-0.1, -0.05) is 50.8 Å². The number of nitrogens with two attached hydrogens (primary N) is 1. The van der Waals surface area contributed by atoms with Crippen molar-refractivity contribution in [1.82, 2.24) is 10.3 Å². The first kappa shape index (κ1) is 16.9. The van der Waals surface area contributed by atoms with E-state index < -0.39 is 11.9 Å².